The van der Waals surface area contributed by atoms with Gasteiger partial charge in [0, 0.05) is 12.4 Å². The normalized spacial score (nSPS) is 14.0. The molecule has 0 fully saturated rings. The molecular formula is C22H27F3O6S. The van der Waals surface area contributed by atoms with Gasteiger partial charge >= 0.3 is 12.1 Å². The van der Waals surface area contributed by atoms with Gasteiger partial charge in [-0.3, -0.25) is 0 Å². The van der Waals surface area contributed by atoms with Crippen LogP contribution in [-0.2, 0) is 15.7 Å². The summed E-state index contributed by atoms with van der Waals surface area (Å²) in [6.07, 6.45) is -4.78. The molecule has 6 nitrogen and oxygen atoms in total. The van der Waals surface area contributed by atoms with E-state index in [4.69, 9.17) is 19.3 Å². The maximum absolute atomic E-state index is 12.7. The lowest BCUT2D eigenvalue weighted by atomic mass is 10.2. The summed E-state index contributed by atoms with van der Waals surface area (Å²) >= 11 is 0. The summed E-state index contributed by atoms with van der Waals surface area (Å²) in [5, 5.41) is 18.7. The number of rotatable bonds is 12. The summed E-state index contributed by atoms with van der Waals surface area (Å²) < 4.78 is 54.7. The van der Waals surface area contributed by atoms with Crippen molar-refractivity contribution in [3.05, 3.63) is 53.6 Å². The highest BCUT2D eigenvalue weighted by Gasteiger charge is 2.30. The molecular weight excluding hydrogens is 449 g/mol. The second kappa shape index (κ2) is 12.0. The number of halogens is 3. The van der Waals surface area contributed by atoms with Crippen molar-refractivity contribution in [3.8, 4) is 11.5 Å². The molecule has 0 aliphatic carbocycles. The Morgan fingerprint density at radius 1 is 1.12 bits per heavy atom. The minimum Gasteiger partial charge on any atom is -0.491 e. The summed E-state index contributed by atoms with van der Waals surface area (Å²) in [7, 11) is -1.03. The van der Waals surface area contributed by atoms with Crippen molar-refractivity contribution in [3.63, 3.8) is 0 Å². The van der Waals surface area contributed by atoms with Crippen molar-refractivity contribution in [2.24, 2.45) is 0 Å². The molecule has 2 aromatic carbocycles. The van der Waals surface area contributed by atoms with Crippen LogP contribution in [0.4, 0.5) is 13.2 Å². The smallest absolute Gasteiger partial charge is 0.416 e. The number of carboxylic acid groups (broad SMARTS) is 1. The first-order valence-corrected chi connectivity index (χ1v) is 11.6. The molecule has 0 saturated carbocycles. The molecule has 1 unspecified atom stereocenters. The quantitative estimate of drug-likeness (QED) is 0.397. The fourth-order valence-electron chi connectivity index (χ4n) is 2.94. The summed E-state index contributed by atoms with van der Waals surface area (Å²) in [4.78, 5) is 11.6. The molecule has 0 saturated heterocycles. The third kappa shape index (κ3) is 7.92. The zero-order chi connectivity index (χ0) is 23.7. The number of benzene rings is 2. The largest absolute Gasteiger partial charge is 0.491 e. The standard InChI is InChI=1S/C22H27F3O6S/c1-3-29-18(11-30-17-6-4-16(5-7-17)22(23,24)25)13-32(14-26)19-8-9-20(15(2)10-19)31-12-21(27)28/h4-10,18,26,32H,3,11-14H2,1-2H3,(H,27,28)/t18-/m1/s1. The van der Waals surface area contributed by atoms with Gasteiger partial charge < -0.3 is 24.4 Å². The Bertz CT molecular complexity index is 873. The van der Waals surface area contributed by atoms with E-state index in [1.807, 2.05) is 13.0 Å². The molecule has 0 heterocycles. The van der Waals surface area contributed by atoms with Crippen molar-refractivity contribution < 1.29 is 42.4 Å². The van der Waals surface area contributed by atoms with Gasteiger partial charge in [0.2, 0.25) is 0 Å². The predicted molar refractivity (Wildman–Crippen MR) is 116 cm³/mol. The number of carbonyl (C=O) groups is 1. The molecule has 2 N–H and O–H groups in total. The number of aliphatic carboxylic acids is 1. The summed E-state index contributed by atoms with van der Waals surface area (Å²) in [6.45, 7) is 3.71. The van der Waals surface area contributed by atoms with Gasteiger partial charge in [0.15, 0.2) is 6.61 Å². The highest BCUT2D eigenvalue weighted by atomic mass is 32.2. The van der Waals surface area contributed by atoms with Crippen molar-refractivity contribution in [1.29, 1.82) is 0 Å². The van der Waals surface area contributed by atoms with E-state index in [1.54, 1.807) is 19.1 Å². The van der Waals surface area contributed by atoms with E-state index in [9.17, 15) is 23.1 Å². The number of hydrogen-bond acceptors (Lipinski definition) is 5. The van der Waals surface area contributed by atoms with Crippen LogP contribution in [0.2, 0.25) is 0 Å². The Hall–Kier alpha value is -2.43. The van der Waals surface area contributed by atoms with Crippen LogP contribution in [0.15, 0.2) is 47.4 Å². The van der Waals surface area contributed by atoms with Gasteiger partial charge in [-0.15, -0.1) is 0 Å². The predicted octanol–water partition coefficient (Wildman–Crippen LogP) is 4.27. The van der Waals surface area contributed by atoms with E-state index in [2.05, 4.69) is 0 Å². The van der Waals surface area contributed by atoms with Crippen LogP contribution in [0.25, 0.3) is 0 Å². The fraction of sp³-hybridized carbons (Fsp3) is 0.409. The number of aryl methyl sites for hydroxylation is 1. The van der Waals surface area contributed by atoms with Crippen molar-refractivity contribution >= 4 is 16.9 Å². The molecule has 32 heavy (non-hydrogen) atoms. The fourth-order valence-corrected chi connectivity index (χ4v) is 4.79. The van der Waals surface area contributed by atoms with Gasteiger partial charge in [0.25, 0.3) is 0 Å². The molecule has 0 bridgehead atoms. The van der Waals surface area contributed by atoms with Gasteiger partial charge in [-0.2, -0.15) is 13.2 Å². The van der Waals surface area contributed by atoms with E-state index >= 15 is 0 Å². The van der Waals surface area contributed by atoms with Gasteiger partial charge in [-0.05, 0) is 66.8 Å². The molecule has 0 aliphatic heterocycles. The van der Waals surface area contributed by atoms with Gasteiger partial charge in [0.05, 0.1) is 17.6 Å². The lowest BCUT2D eigenvalue weighted by Gasteiger charge is -2.26. The number of aliphatic hydroxyl groups is 1. The van der Waals surface area contributed by atoms with Gasteiger partial charge in [-0.25, -0.2) is 15.7 Å². The summed E-state index contributed by atoms with van der Waals surface area (Å²) in [5.74, 6) is 0.0739. The average Bonchev–Trinajstić information content (AvgIpc) is 2.74. The van der Waals surface area contributed by atoms with Crippen LogP contribution in [0.5, 0.6) is 11.5 Å². The Balaban J connectivity index is 2.03. The molecule has 2 rings (SSSR count). The molecule has 0 aromatic heterocycles. The number of thiol groups is 1. The van der Waals surface area contributed by atoms with E-state index in [0.29, 0.717) is 23.9 Å². The lowest BCUT2D eigenvalue weighted by Crippen LogP contribution is -2.26. The van der Waals surface area contributed by atoms with Gasteiger partial charge in [-0.1, -0.05) is 0 Å². The Kier molecular flexibility index (Phi) is 9.67. The third-order valence-electron chi connectivity index (χ3n) is 4.49. The molecule has 0 aliphatic rings. The number of alkyl halides is 3. The van der Waals surface area contributed by atoms with E-state index in [0.717, 1.165) is 22.6 Å². The monoisotopic (exact) mass is 476 g/mol. The average molecular weight is 477 g/mol. The maximum atomic E-state index is 12.7. The minimum atomic E-state index is -4.41. The van der Waals surface area contributed by atoms with E-state index in [1.165, 1.54) is 12.1 Å². The molecule has 2 aromatic rings. The highest BCUT2D eigenvalue weighted by molar-refractivity contribution is 8.17. The van der Waals surface area contributed by atoms with E-state index in [-0.39, 0.29) is 18.6 Å². The van der Waals surface area contributed by atoms with Crippen LogP contribution in [0, 0.1) is 6.92 Å². The number of ether oxygens (including phenoxy) is 3. The highest BCUT2D eigenvalue weighted by Crippen LogP contribution is 2.38. The zero-order valence-electron chi connectivity index (χ0n) is 17.8. The minimum absolute atomic E-state index is 0.0893. The van der Waals surface area contributed by atoms with Crippen molar-refractivity contribution in [2.75, 3.05) is 31.5 Å². The SMILES string of the molecule is CCO[C@H](COc1ccc(C(F)(F)F)cc1)C[SH](CO)c1ccc(OCC(=O)O)c(C)c1. The molecule has 2 atom stereocenters. The van der Waals surface area contributed by atoms with E-state index < -0.39 is 35.2 Å². The topological polar surface area (TPSA) is 85.2 Å². The summed E-state index contributed by atoms with van der Waals surface area (Å²) in [5.41, 5.74) is -0.000162. The molecule has 10 heteroatoms. The molecule has 0 spiro atoms. The van der Waals surface area contributed by atoms with Crippen molar-refractivity contribution in [2.45, 2.75) is 31.0 Å². The van der Waals surface area contributed by atoms with Crippen LogP contribution >= 0.6 is 10.9 Å². The molecule has 0 amide bonds. The second-order valence-corrected chi connectivity index (χ2v) is 9.15. The first kappa shape index (κ1) is 25.8. The van der Waals surface area contributed by atoms with Crippen LogP contribution in [-0.4, -0.2) is 53.8 Å². The first-order chi connectivity index (χ1) is 15.1. The zero-order valence-corrected chi connectivity index (χ0v) is 18.7. The first-order valence-electron chi connectivity index (χ1n) is 9.86. The van der Waals surface area contributed by atoms with Gasteiger partial charge in [0.1, 0.15) is 18.1 Å². The molecule has 0 radical (unpaired) electrons. The number of carboxylic acids is 1. The number of aliphatic hydroxyl groups excluding tert-OH is 1. The second-order valence-electron chi connectivity index (χ2n) is 6.91. The Morgan fingerprint density at radius 3 is 2.34 bits per heavy atom. The number of hydrogen-bond donors (Lipinski definition) is 3. The molecule has 178 valence electrons. The summed E-state index contributed by atoms with van der Waals surface area (Å²) in [6, 6.07) is 9.75. The van der Waals surface area contributed by atoms with Crippen LogP contribution < -0.4 is 9.47 Å². The van der Waals surface area contributed by atoms with Crippen LogP contribution in [0.1, 0.15) is 18.1 Å². The Morgan fingerprint density at radius 2 is 1.81 bits per heavy atom. The maximum Gasteiger partial charge on any atom is 0.416 e. The third-order valence-corrected chi connectivity index (χ3v) is 6.69. The van der Waals surface area contributed by atoms with Crippen molar-refractivity contribution in [1.82, 2.24) is 0 Å². The Labute approximate surface area is 187 Å². The lowest BCUT2D eigenvalue weighted by molar-refractivity contribution is -0.139. The van der Waals surface area contributed by atoms with Crippen LogP contribution in [0.3, 0.4) is 0 Å².